The van der Waals surface area contributed by atoms with Gasteiger partial charge < -0.3 is 20.1 Å². The van der Waals surface area contributed by atoms with Crippen molar-refractivity contribution in [3.63, 3.8) is 0 Å². The van der Waals surface area contributed by atoms with Crippen molar-refractivity contribution in [3.05, 3.63) is 91.4 Å². The van der Waals surface area contributed by atoms with E-state index in [0.717, 1.165) is 23.6 Å². The molecule has 0 aliphatic carbocycles. The summed E-state index contributed by atoms with van der Waals surface area (Å²) in [6.45, 7) is 3.28. The van der Waals surface area contributed by atoms with Gasteiger partial charge in [0.1, 0.15) is 17.7 Å². The van der Waals surface area contributed by atoms with Crippen LogP contribution in [0.3, 0.4) is 0 Å². The van der Waals surface area contributed by atoms with E-state index in [0.29, 0.717) is 73.6 Å². The lowest BCUT2D eigenvalue weighted by Crippen LogP contribution is -2.52. The predicted molar refractivity (Wildman–Crippen MR) is 184 cm³/mol. The third kappa shape index (κ3) is 10.6. The number of primary amides is 1. The summed E-state index contributed by atoms with van der Waals surface area (Å²) in [4.78, 5) is 38.3. The van der Waals surface area contributed by atoms with Gasteiger partial charge in [-0.2, -0.15) is 13.2 Å². The van der Waals surface area contributed by atoms with Crippen molar-refractivity contribution in [1.29, 1.82) is 0 Å². The molecule has 278 valence electrons. The number of likely N-dealkylation sites (tertiary alicyclic amines) is 1. The van der Waals surface area contributed by atoms with E-state index in [1.54, 1.807) is 20.1 Å². The lowest BCUT2D eigenvalue weighted by atomic mass is 9.90. The molecule has 14 heteroatoms. The average molecular weight is 740 g/mol. The Bertz CT molecular complexity index is 1770. The summed E-state index contributed by atoms with van der Waals surface area (Å²) in [7, 11) is 1.57. The van der Waals surface area contributed by atoms with Crippen LogP contribution in [-0.2, 0) is 39.8 Å². The Morgan fingerprint density at radius 1 is 0.980 bits per heavy atom. The van der Waals surface area contributed by atoms with Gasteiger partial charge in [-0.25, -0.2) is 8.78 Å². The van der Waals surface area contributed by atoms with Crippen LogP contribution in [0.15, 0.2) is 41.3 Å². The highest BCUT2D eigenvalue weighted by molar-refractivity contribution is 6.31. The molecule has 2 aromatic carbocycles. The molecule has 2 heterocycles. The fourth-order valence-electron chi connectivity index (χ4n) is 6.67. The fraction of sp³-hybridized carbons (Fsp3) is 0.486. The smallest absolute Gasteiger partial charge is 0.416 e. The fourth-order valence-corrected chi connectivity index (χ4v) is 6.91. The lowest BCUT2D eigenvalue weighted by Gasteiger charge is -2.38. The molecule has 1 aliphatic heterocycles. The van der Waals surface area contributed by atoms with E-state index >= 15 is 0 Å². The van der Waals surface area contributed by atoms with Crippen molar-refractivity contribution in [2.45, 2.75) is 89.5 Å². The van der Waals surface area contributed by atoms with Crippen molar-refractivity contribution in [2.24, 2.45) is 5.73 Å². The normalized spacial score (nSPS) is 14.4. The maximum atomic E-state index is 14.7. The summed E-state index contributed by atoms with van der Waals surface area (Å²) in [5, 5.41) is 8.90. The summed E-state index contributed by atoms with van der Waals surface area (Å²) in [6, 6.07) is 5.23. The first-order valence-electron chi connectivity index (χ1n) is 16.9. The molecule has 4 rings (SSSR count). The molecule has 1 aromatic heterocycles. The monoisotopic (exact) mass is 739 g/mol. The number of amides is 1. The molecular weight excluding hydrogens is 697 g/mol. The second kappa shape index (κ2) is 17.6. The first-order valence-corrected chi connectivity index (χ1v) is 17.3. The van der Waals surface area contributed by atoms with Crippen LogP contribution in [0, 0.1) is 18.6 Å². The van der Waals surface area contributed by atoms with Crippen molar-refractivity contribution >= 4 is 23.5 Å². The molecule has 1 amide bonds. The number of ether oxygens (including phenoxy) is 1. The Kier molecular flexibility index (Phi) is 13.8. The zero-order valence-electron chi connectivity index (χ0n) is 28.6. The van der Waals surface area contributed by atoms with Gasteiger partial charge in [0.2, 0.25) is 5.91 Å². The van der Waals surface area contributed by atoms with Crippen molar-refractivity contribution < 1.29 is 41.4 Å². The number of alkyl halides is 3. The minimum atomic E-state index is -4.73. The van der Waals surface area contributed by atoms with Gasteiger partial charge in [-0.1, -0.05) is 37.3 Å². The number of halogens is 6. The zero-order valence-corrected chi connectivity index (χ0v) is 29.4. The molecule has 51 heavy (non-hydrogen) atoms. The van der Waals surface area contributed by atoms with E-state index in [1.807, 2.05) is 4.90 Å². The largest absolute Gasteiger partial charge is 0.481 e. The highest BCUT2D eigenvalue weighted by Gasteiger charge is 2.36. The second-order valence-electron chi connectivity index (χ2n) is 13.1. The van der Waals surface area contributed by atoms with Gasteiger partial charge in [0.05, 0.1) is 16.7 Å². The molecule has 0 saturated carbocycles. The number of carbonyl (C=O) groups excluding carboxylic acids is 1. The number of carboxylic acid groups (broad SMARTS) is 1. The van der Waals surface area contributed by atoms with Crippen LogP contribution < -0.4 is 11.3 Å². The Hall–Kier alpha value is -3.81. The Morgan fingerprint density at radius 2 is 1.67 bits per heavy atom. The number of hydrogen-bond donors (Lipinski definition) is 2. The molecular formula is C37H43ClF5N3O5. The summed E-state index contributed by atoms with van der Waals surface area (Å²) < 4.78 is 76.9. The molecule has 3 N–H and O–H groups in total. The first-order chi connectivity index (χ1) is 24.1. The van der Waals surface area contributed by atoms with Crippen LogP contribution in [-0.4, -0.2) is 59.3 Å². The molecule has 1 aliphatic rings. The number of carbonyl (C=O) groups is 2. The van der Waals surface area contributed by atoms with Crippen LogP contribution in [0.1, 0.15) is 78.8 Å². The molecule has 8 nitrogen and oxygen atoms in total. The first kappa shape index (κ1) is 40.0. The van der Waals surface area contributed by atoms with Gasteiger partial charge in [0.15, 0.2) is 0 Å². The standard InChI is InChI=1S/C37H43ClF5N3O5/c1-22-14-27(39)16-23(34(22)26-15-24(10-11-33(48)49)35(40)30(38)17-26)8-6-4-3-5-7-9-31(36(44)50)46-19-25(12-13-45-20-28(21-45)51-2)29(18-32(46)47)37(41,42)43/h14-19,28,31H,3-13,20-21H2,1-2H3,(H2,44,50)(H,48,49)/t31-/m0/s1. The SMILES string of the molecule is COC1CN(CCc2cn([C@@H](CCCCCCCc3cc(F)cc(C)c3-c3cc(Cl)c(F)c(CCC(=O)O)c3)C(N)=O)c(=O)cc2C(F)(F)F)C1. The van der Waals surface area contributed by atoms with Crippen molar-refractivity contribution in [2.75, 3.05) is 26.7 Å². The number of nitrogens with zero attached hydrogens (tertiary/aromatic N) is 2. The molecule has 1 saturated heterocycles. The zero-order chi connectivity index (χ0) is 37.5. The van der Waals surface area contributed by atoms with E-state index in [4.69, 9.17) is 27.2 Å². The number of benzene rings is 2. The Balaban J connectivity index is 1.37. The summed E-state index contributed by atoms with van der Waals surface area (Å²) in [5.41, 5.74) is 6.32. The maximum absolute atomic E-state index is 14.7. The Morgan fingerprint density at radius 3 is 2.31 bits per heavy atom. The summed E-state index contributed by atoms with van der Waals surface area (Å²) in [5.74, 6) is -3.00. The predicted octanol–water partition coefficient (Wildman–Crippen LogP) is 7.27. The van der Waals surface area contributed by atoms with E-state index in [-0.39, 0.29) is 47.9 Å². The van der Waals surface area contributed by atoms with Crippen LogP contribution in [0.4, 0.5) is 22.0 Å². The van der Waals surface area contributed by atoms with Crippen molar-refractivity contribution in [3.8, 4) is 11.1 Å². The number of aromatic nitrogens is 1. The number of aryl methyl sites for hydroxylation is 3. The van der Waals surface area contributed by atoms with Gasteiger partial charge in [-0.15, -0.1) is 0 Å². The molecule has 0 unspecified atom stereocenters. The topological polar surface area (TPSA) is 115 Å². The summed E-state index contributed by atoms with van der Waals surface area (Å²) in [6.07, 6.45) is 0.0500. The second-order valence-corrected chi connectivity index (χ2v) is 13.5. The summed E-state index contributed by atoms with van der Waals surface area (Å²) >= 11 is 6.16. The highest BCUT2D eigenvalue weighted by Crippen LogP contribution is 2.35. The quantitative estimate of drug-likeness (QED) is 0.105. The van der Waals surface area contributed by atoms with Gasteiger partial charge >= 0.3 is 12.1 Å². The lowest BCUT2D eigenvalue weighted by molar-refractivity contribution is -0.138. The third-order valence-corrected chi connectivity index (χ3v) is 9.67. The molecule has 3 aromatic rings. The van der Waals surface area contributed by atoms with E-state index < -0.39 is 46.9 Å². The van der Waals surface area contributed by atoms with Crippen LogP contribution in [0.2, 0.25) is 5.02 Å². The minimum Gasteiger partial charge on any atom is -0.481 e. The molecule has 0 radical (unpaired) electrons. The van der Waals surface area contributed by atoms with Gasteiger partial charge in [0, 0.05) is 45.4 Å². The van der Waals surface area contributed by atoms with Gasteiger partial charge in [0.25, 0.3) is 5.56 Å². The van der Waals surface area contributed by atoms with Crippen LogP contribution in [0.25, 0.3) is 11.1 Å². The molecule has 1 fully saturated rings. The average Bonchev–Trinajstić information content (AvgIpc) is 3.02. The minimum absolute atomic E-state index is 0.0314. The van der Waals surface area contributed by atoms with E-state index in [9.17, 15) is 36.3 Å². The number of carboxylic acids is 1. The molecule has 0 bridgehead atoms. The highest BCUT2D eigenvalue weighted by atomic mass is 35.5. The van der Waals surface area contributed by atoms with Crippen LogP contribution >= 0.6 is 11.6 Å². The number of rotatable bonds is 18. The number of methoxy groups -OCH3 is 1. The van der Waals surface area contributed by atoms with Gasteiger partial charge in [-0.3, -0.25) is 19.3 Å². The molecule has 0 spiro atoms. The number of pyridine rings is 1. The Labute approximate surface area is 298 Å². The molecule has 1 atom stereocenters. The van der Waals surface area contributed by atoms with Gasteiger partial charge in [-0.05, 0) is 96.7 Å². The van der Waals surface area contributed by atoms with Crippen molar-refractivity contribution in [1.82, 2.24) is 9.47 Å². The van der Waals surface area contributed by atoms with Crippen LogP contribution in [0.5, 0.6) is 0 Å². The number of aliphatic carboxylic acids is 1. The maximum Gasteiger partial charge on any atom is 0.416 e. The number of nitrogens with two attached hydrogens (primary N) is 1. The number of hydrogen-bond acceptors (Lipinski definition) is 5. The third-order valence-electron chi connectivity index (χ3n) is 9.39. The van der Waals surface area contributed by atoms with E-state index in [1.165, 1.54) is 18.2 Å². The number of unbranched alkanes of at least 4 members (excludes halogenated alkanes) is 4. The van der Waals surface area contributed by atoms with E-state index in [2.05, 4.69) is 0 Å².